The van der Waals surface area contributed by atoms with E-state index < -0.39 is 12.0 Å². The summed E-state index contributed by atoms with van der Waals surface area (Å²) < 4.78 is 30.9. The van der Waals surface area contributed by atoms with Crippen LogP contribution >= 0.6 is 0 Å². The van der Waals surface area contributed by atoms with Gasteiger partial charge in [-0.3, -0.25) is 13.8 Å². The van der Waals surface area contributed by atoms with Gasteiger partial charge in [0.2, 0.25) is 5.95 Å². The molecular formula is C28H28FN7O4. The number of benzene rings is 1. The summed E-state index contributed by atoms with van der Waals surface area (Å²) >= 11 is 0. The van der Waals surface area contributed by atoms with Gasteiger partial charge in [-0.15, -0.1) is 5.10 Å². The van der Waals surface area contributed by atoms with Crippen LogP contribution in [0.3, 0.4) is 0 Å². The number of nitrogens with one attached hydrogen (secondary N) is 1. The van der Waals surface area contributed by atoms with E-state index in [1.807, 2.05) is 28.8 Å². The van der Waals surface area contributed by atoms with Crippen LogP contribution in [0.15, 0.2) is 41.5 Å². The van der Waals surface area contributed by atoms with Crippen LogP contribution in [0.5, 0.6) is 0 Å². The van der Waals surface area contributed by atoms with E-state index >= 15 is 4.39 Å². The molecule has 206 valence electrons. The fourth-order valence-electron chi connectivity index (χ4n) is 6.12. The second-order valence-corrected chi connectivity index (χ2v) is 10.5. The van der Waals surface area contributed by atoms with E-state index in [0.29, 0.717) is 55.0 Å². The first-order valence-corrected chi connectivity index (χ1v) is 13.2. The van der Waals surface area contributed by atoms with Crippen LogP contribution in [0.4, 0.5) is 9.18 Å². The predicted molar refractivity (Wildman–Crippen MR) is 145 cm³/mol. The summed E-state index contributed by atoms with van der Waals surface area (Å²) in [7, 11) is 4.77. The third-order valence-electron chi connectivity index (χ3n) is 8.22. The topological polar surface area (TPSA) is 112 Å². The number of aryl methyl sites for hydroxylation is 2. The zero-order valence-electron chi connectivity index (χ0n) is 22.3. The molecule has 1 N–H and O–H groups in total. The van der Waals surface area contributed by atoms with Crippen molar-refractivity contribution in [2.75, 3.05) is 20.3 Å². The Labute approximate surface area is 227 Å². The van der Waals surface area contributed by atoms with Gasteiger partial charge in [0.15, 0.2) is 0 Å². The second-order valence-electron chi connectivity index (χ2n) is 10.5. The highest BCUT2D eigenvalue weighted by Gasteiger charge is 2.40. The zero-order valence-corrected chi connectivity index (χ0v) is 22.3. The van der Waals surface area contributed by atoms with Gasteiger partial charge in [-0.25, -0.2) is 14.6 Å². The fourth-order valence-corrected chi connectivity index (χ4v) is 6.12. The van der Waals surface area contributed by atoms with E-state index in [0.717, 1.165) is 27.6 Å². The van der Waals surface area contributed by atoms with Crippen LogP contribution in [0.2, 0.25) is 0 Å². The molecule has 0 atom stereocenters. The number of methoxy groups -OCH3 is 1. The molecule has 1 aromatic carbocycles. The number of carbonyl (C=O) groups is 1. The molecule has 4 aliphatic heterocycles. The van der Waals surface area contributed by atoms with Gasteiger partial charge in [-0.2, -0.15) is 4.39 Å². The Morgan fingerprint density at radius 1 is 1.18 bits per heavy atom. The molecule has 1 amide bonds. The van der Waals surface area contributed by atoms with E-state index in [4.69, 9.17) is 9.47 Å². The molecular weight excluding hydrogens is 517 g/mol. The van der Waals surface area contributed by atoms with E-state index in [1.54, 1.807) is 36.0 Å². The molecule has 0 radical (unpaired) electrons. The second kappa shape index (κ2) is 9.05. The molecule has 0 spiro atoms. The number of pyridine rings is 1. The van der Waals surface area contributed by atoms with E-state index in [2.05, 4.69) is 15.1 Å². The standard InChI is InChI=1S/C28H28FN7O4/c1-33-13-19(25(29)32-33)23-21-16-6-4-15(5-7-16)14-40-9-8-35(28(38)39-3)17-10-18(11-17)36-24-20(34(2)27(36)37)12-30-26(31-23)22(21)24/h4-7,12-13,17-18H,8-11,14H2,1-3H3,(H,30,31). The lowest BCUT2D eigenvalue weighted by Crippen LogP contribution is -2.50. The number of carbonyl (C=O) groups excluding carboxylic acids is 1. The molecule has 8 heterocycles. The summed E-state index contributed by atoms with van der Waals surface area (Å²) in [5, 5.41) is 4.66. The van der Waals surface area contributed by atoms with Gasteiger partial charge in [0.25, 0.3) is 0 Å². The summed E-state index contributed by atoms with van der Waals surface area (Å²) in [5.41, 5.74) is 5.18. The van der Waals surface area contributed by atoms with Gasteiger partial charge in [0.05, 0.1) is 54.2 Å². The number of H-pyrrole nitrogens is 1. The number of aromatic amines is 1. The van der Waals surface area contributed by atoms with Crippen LogP contribution < -0.4 is 5.69 Å². The molecule has 0 unspecified atom stereocenters. The minimum Gasteiger partial charge on any atom is -0.453 e. The minimum atomic E-state index is -0.603. The molecule has 11 nitrogen and oxygen atoms in total. The van der Waals surface area contributed by atoms with Crippen LogP contribution in [0.25, 0.3) is 44.5 Å². The first kappa shape index (κ1) is 24.6. The van der Waals surface area contributed by atoms with Gasteiger partial charge in [-0.1, -0.05) is 24.3 Å². The summed E-state index contributed by atoms with van der Waals surface area (Å²) in [5.74, 6) is -0.603. The Hall–Kier alpha value is -4.45. The van der Waals surface area contributed by atoms with Crippen molar-refractivity contribution in [2.45, 2.75) is 31.5 Å². The molecule has 1 saturated carbocycles. The van der Waals surface area contributed by atoms with E-state index in [1.165, 1.54) is 11.8 Å². The van der Waals surface area contributed by atoms with Gasteiger partial charge < -0.3 is 19.4 Å². The van der Waals surface area contributed by atoms with Gasteiger partial charge in [0.1, 0.15) is 5.65 Å². The normalized spacial score (nSPS) is 19.1. The molecule has 4 bridgehead atoms. The maximum absolute atomic E-state index is 15.1. The Morgan fingerprint density at radius 3 is 2.65 bits per heavy atom. The molecule has 5 aromatic rings. The lowest BCUT2D eigenvalue weighted by Gasteiger charge is -2.42. The van der Waals surface area contributed by atoms with Crippen molar-refractivity contribution >= 4 is 28.2 Å². The van der Waals surface area contributed by atoms with Crippen molar-refractivity contribution in [3.05, 3.63) is 58.7 Å². The van der Waals surface area contributed by atoms with Crippen molar-refractivity contribution in [1.29, 1.82) is 0 Å². The Balaban J connectivity index is 1.52. The Kier molecular flexibility index (Phi) is 5.56. The first-order valence-electron chi connectivity index (χ1n) is 13.2. The van der Waals surface area contributed by atoms with Crippen molar-refractivity contribution in [2.24, 2.45) is 14.1 Å². The Morgan fingerprint density at radius 2 is 1.95 bits per heavy atom. The maximum atomic E-state index is 15.1. The monoisotopic (exact) mass is 545 g/mol. The van der Waals surface area contributed by atoms with Crippen LogP contribution in [-0.2, 0) is 30.2 Å². The molecule has 1 aliphatic carbocycles. The largest absolute Gasteiger partial charge is 0.453 e. The average Bonchev–Trinajstić information content (AvgIpc) is 3.55. The highest BCUT2D eigenvalue weighted by Crippen LogP contribution is 2.44. The number of rotatable bonds is 1. The summed E-state index contributed by atoms with van der Waals surface area (Å²) in [6, 6.07) is 7.63. The average molecular weight is 546 g/mol. The quantitative estimate of drug-likeness (QED) is 0.344. The van der Waals surface area contributed by atoms with Gasteiger partial charge in [-0.05, 0) is 24.0 Å². The van der Waals surface area contributed by atoms with Crippen LogP contribution in [0, 0.1) is 5.95 Å². The number of amides is 1. The Bertz CT molecular complexity index is 1840. The number of hydrogen-bond acceptors (Lipinski definition) is 6. The van der Waals surface area contributed by atoms with Gasteiger partial charge >= 0.3 is 11.8 Å². The summed E-state index contributed by atoms with van der Waals surface area (Å²) in [4.78, 5) is 36.0. The van der Waals surface area contributed by atoms with Crippen molar-refractivity contribution in [3.63, 3.8) is 0 Å². The number of halogens is 1. The first-order chi connectivity index (χ1) is 19.4. The number of hydrogen-bond donors (Lipinski definition) is 1. The van der Waals surface area contributed by atoms with Crippen molar-refractivity contribution < 1.29 is 18.7 Å². The zero-order chi connectivity index (χ0) is 27.7. The lowest BCUT2D eigenvalue weighted by atomic mass is 9.85. The number of aromatic nitrogens is 6. The number of ether oxygens (including phenoxy) is 2. The van der Waals surface area contributed by atoms with Crippen LogP contribution in [0.1, 0.15) is 24.4 Å². The smallest absolute Gasteiger partial charge is 0.409 e. The van der Waals surface area contributed by atoms with E-state index in [-0.39, 0.29) is 17.8 Å². The minimum absolute atomic E-state index is 0.0857. The highest BCUT2D eigenvalue weighted by atomic mass is 19.1. The highest BCUT2D eigenvalue weighted by molar-refractivity contribution is 6.14. The van der Waals surface area contributed by atoms with Crippen LogP contribution in [-0.4, -0.2) is 66.2 Å². The SMILES string of the molecule is COC(=O)N1CCOCc2ccc(cc2)-c2c(-c3cn(C)nc3F)[nH]c3ncc4c(c23)n(c(=O)n4C)C2CC1C2. The number of nitrogens with zero attached hydrogens (tertiary/aromatic N) is 6. The summed E-state index contributed by atoms with van der Waals surface area (Å²) in [6.07, 6.45) is 4.08. The third-order valence-corrected chi connectivity index (χ3v) is 8.22. The molecule has 12 heteroatoms. The third kappa shape index (κ3) is 3.59. The molecule has 40 heavy (non-hydrogen) atoms. The molecule has 5 aliphatic rings. The molecule has 0 saturated heterocycles. The maximum Gasteiger partial charge on any atom is 0.409 e. The van der Waals surface area contributed by atoms with Crippen molar-refractivity contribution in [3.8, 4) is 22.4 Å². The van der Waals surface area contributed by atoms with Gasteiger partial charge in [0, 0.05) is 44.5 Å². The number of imidazole rings is 1. The van der Waals surface area contributed by atoms with E-state index in [9.17, 15) is 9.59 Å². The predicted octanol–water partition coefficient (Wildman–Crippen LogP) is 3.73. The fraction of sp³-hybridized carbons (Fsp3) is 0.357. The molecule has 1 fully saturated rings. The lowest BCUT2D eigenvalue weighted by molar-refractivity contribution is 0.0336. The summed E-state index contributed by atoms with van der Waals surface area (Å²) in [6.45, 7) is 1.12. The molecule has 10 rings (SSSR count). The molecule has 4 aromatic heterocycles. The van der Waals surface area contributed by atoms with Crippen molar-refractivity contribution in [1.82, 2.24) is 33.8 Å².